The van der Waals surface area contributed by atoms with Crippen molar-refractivity contribution < 1.29 is 15.0 Å². The highest BCUT2D eigenvalue weighted by molar-refractivity contribution is 5.68. The van der Waals surface area contributed by atoms with Gasteiger partial charge in [-0.3, -0.25) is 4.79 Å². The van der Waals surface area contributed by atoms with E-state index in [-0.39, 0.29) is 6.42 Å². The van der Waals surface area contributed by atoms with Crippen molar-refractivity contribution in [3.8, 4) is 0 Å². The first-order chi connectivity index (χ1) is 6.06. The van der Waals surface area contributed by atoms with Crippen LogP contribution in [0.15, 0.2) is 0 Å². The highest BCUT2D eigenvalue weighted by Crippen LogP contribution is 2.36. The predicted octanol–water partition coefficient (Wildman–Crippen LogP) is 1.79. The maximum Gasteiger partial charge on any atom is 0.306 e. The fraction of sp³-hybridized carbons (Fsp3) is 0.900. The second kappa shape index (κ2) is 4.09. The second-order valence-corrected chi connectivity index (χ2v) is 4.17. The van der Waals surface area contributed by atoms with E-state index >= 15 is 0 Å². The van der Waals surface area contributed by atoms with Gasteiger partial charge >= 0.3 is 5.97 Å². The molecule has 13 heavy (non-hydrogen) atoms. The molecule has 0 radical (unpaired) electrons. The molecule has 1 rings (SSSR count). The quantitative estimate of drug-likeness (QED) is 0.706. The van der Waals surface area contributed by atoms with Gasteiger partial charge in [-0.2, -0.15) is 0 Å². The Hall–Kier alpha value is -0.570. The summed E-state index contributed by atoms with van der Waals surface area (Å²) in [5.41, 5.74) is -0.926. The maximum absolute atomic E-state index is 10.5. The summed E-state index contributed by atoms with van der Waals surface area (Å²) in [5, 5.41) is 18.6. The average Bonchev–Trinajstić information content (AvgIpc) is 2.02. The highest BCUT2D eigenvalue weighted by atomic mass is 16.4. The standard InChI is InChI=1S/C10H18O3/c1-2-8-4-3-5-10(13,6-8)7-9(11)12/h8,13H,2-7H2,1H3,(H,11,12). The lowest BCUT2D eigenvalue weighted by Gasteiger charge is -2.35. The molecule has 0 aromatic carbocycles. The molecule has 76 valence electrons. The molecule has 2 N–H and O–H groups in total. The van der Waals surface area contributed by atoms with Crippen molar-refractivity contribution >= 4 is 5.97 Å². The topological polar surface area (TPSA) is 57.5 Å². The third-order valence-electron chi connectivity index (χ3n) is 2.98. The molecular formula is C10H18O3. The van der Waals surface area contributed by atoms with Gasteiger partial charge in [-0.15, -0.1) is 0 Å². The molecule has 0 aromatic heterocycles. The van der Waals surface area contributed by atoms with E-state index in [1.807, 2.05) is 0 Å². The molecule has 3 heteroatoms. The van der Waals surface area contributed by atoms with Crippen molar-refractivity contribution in [3.63, 3.8) is 0 Å². The van der Waals surface area contributed by atoms with Gasteiger partial charge in [0.2, 0.25) is 0 Å². The van der Waals surface area contributed by atoms with E-state index in [2.05, 4.69) is 6.92 Å². The van der Waals surface area contributed by atoms with Crippen LogP contribution in [0.5, 0.6) is 0 Å². The highest BCUT2D eigenvalue weighted by Gasteiger charge is 2.35. The van der Waals surface area contributed by atoms with E-state index in [1.54, 1.807) is 0 Å². The monoisotopic (exact) mass is 186 g/mol. The van der Waals surface area contributed by atoms with Crippen molar-refractivity contribution in [3.05, 3.63) is 0 Å². The van der Waals surface area contributed by atoms with Crippen molar-refractivity contribution in [2.24, 2.45) is 5.92 Å². The second-order valence-electron chi connectivity index (χ2n) is 4.17. The molecule has 0 bridgehead atoms. The number of carboxylic acids is 1. The first-order valence-electron chi connectivity index (χ1n) is 5.00. The number of aliphatic hydroxyl groups is 1. The van der Waals surface area contributed by atoms with E-state index in [4.69, 9.17) is 5.11 Å². The zero-order valence-corrected chi connectivity index (χ0v) is 8.12. The lowest BCUT2D eigenvalue weighted by Crippen LogP contribution is -2.37. The first-order valence-corrected chi connectivity index (χ1v) is 5.00. The van der Waals surface area contributed by atoms with Gasteiger partial charge in [0.05, 0.1) is 12.0 Å². The molecule has 0 saturated heterocycles. The fourth-order valence-electron chi connectivity index (χ4n) is 2.25. The number of rotatable bonds is 3. The molecule has 0 aliphatic heterocycles. The summed E-state index contributed by atoms with van der Waals surface area (Å²) in [6.45, 7) is 2.09. The van der Waals surface area contributed by atoms with E-state index in [1.165, 1.54) is 0 Å². The number of carbonyl (C=O) groups is 1. The van der Waals surface area contributed by atoms with Crippen molar-refractivity contribution in [2.75, 3.05) is 0 Å². The van der Waals surface area contributed by atoms with Crippen LogP contribution in [0, 0.1) is 5.92 Å². The molecular weight excluding hydrogens is 168 g/mol. The third-order valence-corrected chi connectivity index (χ3v) is 2.98. The van der Waals surface area contributed by atoms with E-state index in [9.17, 15) is 9.90 Å². The van der Waals surface area contributed by atoms with Gasteiger partial charge < -0.3 is 10.2 Å². The Morgan fingerprint density at radius 1 is 1.62 bits per heavy atom. The molecule has 2 unspecified atom stereocenters. The Labute approximate surface area is 78.8 Å². The number of hydrogen-bond donors (Lipinski definition) is 2. The van der Waals surface area contributed by atoms with Crippen molar-refractivity contribution in [1.29, 1.82) is 0 Å². The number of carboxylic acid groups (broad SMARTS) is 1. The van der Waals surface area contributed by atoms with Gasteiger partial charge in [-0.25, -0.2) is 0 Å². The normalized spacial score (nSPS) is 34.5. The van der Waals surface area contributed by atoms with Crippen molar-refractivity contribution in [1.82, 2.24) is 0 Å². The van der Waals surface area contributed by atoms with E-state index in [0.29, 0.717) is 18.8 Å². The van der Waals surface area contributed by atoms with Crippen LogP contribution in [-0.4, -0.2) is 21.8 Å². The molecule has 0 heterocycles. The number of hydrogen-bond acceptors (Lipinski definition) is 2. The summed E-state index contributed by atoms with van der Waals surface area (Å²) in [7, 11) is 0. The van der Waals surface area contributed by atoms with Crippen LogP contribution in [-0.2, 0) is 4.79 Å². The van der Waals surface area contributed by atoms with Crippen LogP contribution in [0.25, 0.3) is 0 Å². The Balaban J connectivity index is 2.51. The van der Waals surface area contributed by atoms with Crippen LogP contribution in [0.4, 0.5) is 0 Å². The van der Waals surface area contributed by atoms with Crippen LogP contribution in [0.2, 0.25) is 0 Å². The van der Waals surface area contributed by atoms with Crippen LogP contribution in [0.3, 0.4) is 0 Å². The average molecular weight is 186 g/mol. The van der Waals surface area contributed by atoms with Gasteiger partial charge in [0.25, 0.3) is 0 Å². The van der Waals surface area contributed by atoms with Crippen LogP contribution in [0.1, 0.15) is 45.4 Å². The zero-order chi connectivity index (χ0) is 9.90. The van der Waals surface area contributed by atoms with Crippen molar-refractivity contribution in [2.45, 2.75) is 51.0 Å². The maximum atomic E-state index is 10.5. The molecule has 1 aliphatic rings. The molecule has 3 nitrogen and oxygen atoms in total. The summed E-state index contributed by atoms with van der Waals surface area (Å²) in [6.07, 6.45) is 4.36. The third kappa shape index (κ3) is 2.99. The molecule has 1 fully saturated rings. The van der Waals surface area contributed by atoms with Crippen LogP contribution < -0.4 is 0 Å². The van der Waals surface area contributed by atoms with Gasteiger partial charge in [0.1, 0.15) is 0 Å². The SMILES string of the molecule is CCC1CCCC(O)(CC(=O)O)C1. The minimum atomic E-state index is -0.926. The summed E-state index contributed by atoms with van der Waals surface area (Å²) in [5.74, 6) is -0.377. The predicted molar refractivity (Wildman–Crippen MR) is 49.5 cm³/mol. The van der Waals surface area contributed by atoms with E-state index in [0.717, 1.165) is 19.3 Å². The Kier molecular flexibility index (Phi) is 3.31. The van der Waals surface area contributed by atoms with Gasteiger partial charge in [0.15, 0.2) is 0 Å². The van der Waals surface area contributed by atoms with Gasteiger partial charge in [-0.05, 0) is 18.8 Å². The minimum Gasteiger partial charge on any atom is -0.481 e. The molecule has 1 aliphatic carbocycles. The lowest BCUT2D eigenvalue weighted by molar-refractivity contribution is -0.144. The van der Waals surface area contributed by atoms with Gasteiger partial charge in [0, 0.05) is 0 Å². The largest absolute Gasteiger partial charge is 0.481 e. The molecule has 0 aromatic rings. The summed E-state index contributed by atoms with van der Waals surface area (Å²) in [6, 6.07) is 0. The number of aliphatic carboxylic acids is 1. The summed E-state index contributed by atoms with van der Waals surface area (Å²) < 4.78 is 0. The Morgan fingerprint density at radius 3 is 2.85 bits per heavy atom. The minimum absolute atomic E-state index is 0.0938. The van der Waals surface area contributed by atoms with Gasteiger partial charge in [-0.1, -0.05) is 26.2 Å². The van der Waals surface area contributed by atoms with Crippen LogP contribution >= 0.6 is 0 Å². The Bertz CT molecular complexity index is 191. The zero-order valence-electron chi connectivity index (χ0n) is 8.12. The van der Waals surface area contributed by atoms with E-state index < -0.39 is 11.6 Å². The molecule has 1 saturated carbocycles. The lowest BCUT2D eigenvalue weighted by atomic mass is 9.75. The summed E-state index contributed by atoms with van der Waals surface area (Å²) >= 11 is 0. The molecule has 0 amide bonds. The summed E-state index contributed by atoms with van der Waals surface area (Å²) in [4.78, 5) is 10.5. The Morgan fingerprint density at radius 2 is 2.31 bits per heavy atom. The fourth-order valence-corrected chi connectivity index (χ4v) is 2.25. The smallest absolute Gasteiger partial charge is 0.306 e. The first kappa shape index (κ1) is 10.5. The molecule has 2 atom stereocenters. The molecule has 0 spiro atoms.